The molecular weight excluding hydrogens is 248 g/mol. The molecule has 3 rings (SSSR count). The predicted octanol–water partition coefficient (Wildman–Crippen LogP) is 5.44. The molecule has 0 unspecified atom stereocenters. The highest BCUT2D eigenvalue weighted by molar-refractivity contribution is 5.87. The van der Waals surface area contributed by atoms with E-state index in [0.717, 1.165) is 22.8 Å². The van der Waals surface area contributed by atoms with Gasteiger partial charge in [0.25, 0.3) is 0 Å². The number of furan rings is 1. The fourth-order valence-electron chi connectivity index (χ4n) is 2.09. The van der Waals surface area contributed by atoms with Gasteiger partial charge in [-0.1, -0.05) is 32.0 Å². The Kier molecular flexibility index (Phi) is 4.46. The zero-order chi connectivity index (χ0) is 14.5. The van der Waals surface area contributed by atoms with Crippen molar-refractivity contribution >= 4 is 10.8 Å². The third kappa shape index (κ3) is 2.85. The first-order valence-electron chi connectivity index (χ1n) is 6.91. The number of hydrogen-bond acceptors (Lipinski definition) is 2. The summed E-state index contributed by atoms with van der Waals surface area (Å²) < 4.78 is 10.9. The smallest absolute Gasteiger partial charge is 0.134 e. The molecule has 3 aromatic rings. The Balaban J connectivity index is 0.000000704. The predicted molar refractivity (Wildman–Crippen MR) is 84.3 cm³/mol. The van der Waals surface area contributed by atoms with Gasteiger partial charge in [-0.25, -0.2) is 0 Å². The highest BCUT2D eigenvalue weighted by atomic mass is 16.5. The number of rotatable bonds is 2. The van der Waals surface area contributed by atoms with Gasteiger partial charge in [0.2, 0.25) is 0 Å². The molecule has 20 heavy (non-hydrogen) atoms. The largest absolute Gasteiger partial charge is 0.497 e. The van der Waals surface area contributed by atoms with E-state index in [0.29, 0.717) is 0 Å². The standard InChI is InChI=1S/C16H14O2.C2H6/c1-11-3-8-16(18-11)14-5-4-13-10-15(17-2)7-6-12(13)9-14;1-2/h3-10H,1-2H3;1-2H3. The average molecular weight is 268 g/mol. The van der Waals surface area contributed by atoms with E-state index in [9.17, 15) is 0 Å². The van der Waals surface area contributed by atoms with Crippen LogP contribution in [-0.2, 0) is 0 Å². The molecule has 2 heteroatoms. The van der Waals surface area contributed by atoms with Crippen molar-refractivity contribution in [3.8, 4) is 17.1 Å². The molecule has 0 atom stereocenters. The Bertz CT molecular complexity index is 695. The molecule has 0 bridgehead atoms. The molecule has 0 radical (unpaired) electrons. The molecule has 0 N–H and O–H groups in total. The summed E-state index contributed by atoms with van der Waals surface area (Å²) in [6.07, 6.45) is 0. The van der Waals surface area contributed by atoms with Crippen molar-refractivity contribution in [3.05, 3.63) is 54.3 Å². The lowest BCUT2D eigenvalue weighted by molar-refractivity contribution is 0.415. The molecular formula is C18H20O2. The average Bonchev–Trinajstić information content (AvgIpc) is 2.95. The van der Waals surface area contributed by atoms with Gasteiger partial charge in [0.05, 0.1) is 7.11 Å². The van der Waals surface area contributed by atoms with E-state index in [2.05, 4.69) is 24.3 Å². The van der Waals surface area contributed by atoms with Crippen LogP contribution >= 0.6 is 0 Å². The minimum Gasteiger partial charge on any atom is -0.497 e. The lowest BCUT2D eigenvalue weighted by Gasteiger charge is -2.04. The van der Waals surface area contributed by atoms with E-state index >= 15 is 0 Å². The van der Waals surface area contributed by atoms with Gasteiger partial charge in [0.1, 0.15) is 17.3 Å². The number of methoxy groups -OCH3 is 1. The van der Waals surface area contributed by atoms with E-state index in [1.807, 2.05) is 45.0 Å². The van der Waals surface area contributed by atoms with Gasteiger partial charge in [0, 0.05) is 5.56 Å². The van der Waals surface area contributed by atoms with Crippen LogP contribution in [0.4, 0.5) is 0 Å². The second-order valence-electron chi connectivity index (χ2n) is 4.34. The molecule has 0 fully saturated rings. The molecule has 0 amide bonds. The van der Waals surface area contributed by atoms with Crippen LogP contribution in [0.2, 0.25) is 0 Å². The van der Waals surface area contributed by atoms with Crippen molar-refractivity contribution in [2.24, 2.45) is 0 Å². The molecule has 0 saturated carbocycles. The van der Waals surface area contributed by atoms with E-state index in [1.165, 1.54) is 10.8 Å². The summed E-state index contributed by atoms with van der Waals surface area (Å²) >= 11 is 0. The fraction of sp³-hybridized carbons (Fsp3) is 0.222. The minimum atomic E-state index is 0.879. The van der Waals surface area contributed by atoms with Crippen LogP contribution in [0, 0.1) is 6.92 Å². The Labute approximate surface area is 120 Å². The van der Waals surface area contributed by atoms with E-state index in [-0.39, 0.29) is 0 Å². The van der Waals surface area contributed by atoms with Gasteiger partial charge >= 0.3 is 0 Å². The molecule has 0 aliphatic carbocycles. The van der Waals surface area contributed by atoms with Gasteiger partial charge < -0.3 is 9.15 Å². The summed E-state index contributed by atoms with van der Waals surface area (Å²) in [6.45, 7) is 5.95. The van der Waals surface area contributed by atoms with Gasteiger partial charge in [-0.15, -0.1) is 0 Å². The van der Waals surface area contributed by atoms with Crippen LogP contribution in [0.15, 0.2) is 52.9 Å². The third-order valence-electron chi connectivity index (χ3n) is 3.07. The lowest BCUT2D eigenvalue weighted by atomic mass is 10.1. The van der Waals surface area contributed by atoms with Crippen molar-refractivity contribution in [2.75, 3.05) is 7.11 Å². The fourth-order valence-corrected chi connectivity index (χ4v) is 2.09. The Hall–Kier alpha value is -2.22. The van der Waals surface area contributed by atoms with Crippen LogP contribution in [0.25, 0.3) is 22.1 Å². The minimum absolute atomic E-state index is 0.879. The van der Waals surface area contributed by atoms with E-state index < -0.39 is 0 Å². The first-order chi connectivity index (χ1) is 9.76. The molecule has 0 spiro atoms. The maximum absolute atomic E-state index is 5.64. The number of aryl methyl sites for hydroxylation is 1. The topological polar surface area (TPSA) is 22.4 Å². The summed E-state index contributed by atoms with van der Waals surface area (Å²) in [4.78, 5) is 0. The van der Waals surface area contributed by atoms with Crippen LogP contribution < -0.4 is 4.74 Å². The number of ether oxygens (including phenoxy) is 1. The first-order valence-corrected chi connectivity index (χ1v) is 6.91. The molecule has 1 aromatic heterocycles. The third-order valence-corrected chi connectivity index (χ3v) is 3.07. The van der Waals surface area contributed by atoms with Crippen molar-refractivity contribution < 1.29 is 9.15 Å². The molecule has 1 heterocycles. The number of benzene rings is 2. The normalized spacial score (nSPS) is 10.0. The number of fused-ring (bicyclic) bond motifs is 1. The van der Waals surface area contributed by atoms with Crippen LogP contribution in [-0.4, -0.2) is 7.11 Å². The molecule has 0 aliphatic rings. The summed E-state index contributed by atoms with van der Waals surface area (Å²) in [5.41, 5.74) is 1.10. The zero-order valence-corrected chi connectivity index (χ0v) is 12.4. The Morgan fingerprint density at radius 1 is 0.850 bits per heavy atom. The van der Waals surface area contributed by atoms with Gasteiger partial charge in [0.15, 0.2) is 0 Å². The van der Waals surface area contributed by atoms with E-state index in [1.54, 1.807) is 7.11 Å². The van der Waals surface area contributed by atoms with Crippen molar-refractivity contribution in [1.82, 2.24) is 0 Å². The summed E-state index contributed by atoms with van der Waals surface area (Å²) in [5, 5.41) is 2.35. The lowest BCUT2D eigenvalue weighted by Crippen LogP contribution is -1.82. The quantitative estimate of drug-likeness (QED) is 0.617. The maximum atomic E-state index is 5.64. The molecule has 0 saturated heterocycles. The Morgan fingerprint density at radius 3 is 2.20 bits per heavy atom. The zero-order valence-electron chi connectivity index (χ0n) is 12.4. The Morgan fingerprint density at radius 2 is 1.55 bits per heavy atom. The van der Waals surface area contributed by atoms with Crippen molar-refractivity contribution in [2.45, 2.75) is 20.8 Å². The molecule has 2 aromatic carbocycles. The summed E-state index contributed by atoms with van der Waals surface area (Å²) in [6, 6.07) is 16.3. The van der Waals surface area contributed by atoms with Crippen molar-refractivity contribution in [3.63, 3.8) is 0 Å². The maximum Gasteiger partial charge on any atom is 0.134 e. The second-order valence-corrected chi connectivity index (χ2v) is 4.34. The summed E-state index contributed by atoms with van der Waals surface area (Å²) in [7, 11) is 1.68. The number of hydrogen-bond donors (Lipinski definition) is 0. The van der Waals surface area contributed by atoms with E-state index in [4.69, 9.17) is 9.15 Å². The van der Waals surface area contributed by atoms with Gasteiger partial charge in [-0.3, -0.25) is 0 Å². The second kappa shape index (κ2) is 6.29. The first kappa shape index (κ1) is 14.2. The molecule has 104 valence electrons. The SMILES string of the molecule is CC.COc1ccc2cc(-c3ccc(C)o3)ccc2c1. The highest BCUT2D eigenvalue weighted by Crippen LogP contribution is 2.27. The van der Waals surface area contributed by atoms with Gasteiger partial charge in [-0.05, 0) is 48.0 Å². The van der Waals surface area contributed by atoms with Crippen LogP contribution in [0.5, 0.6) is 5.75 Å². The van der Waals surface area contributed by atoms with Crippen LogP contribution in [0.3, 0.4) is 0 Å². The van der Waals surface area contributed by atoms with Crippen LogP contribution in [0.1, 0.15) is 19.6 Å². The monoisotopic (exact) mass is 268 g/mol. The molecule has 2 nitrogen and oxygen atoms in total. The van der Waals surface area contributed by atoms with Crippen molar-refractivity contribution in [1.29, 1.82) is 0 Å². The summed E-state index contributed by atoms with van der Waals surface area (Å²) in [5.74, 6) is 2.72. The molecule has 0 aliphatic heterocycles. The van der Waals surface area contributed by atoms with Gasteiger partial charge in [-0.2, -0.15) is 0 Å². The highest BCUT2D eigenvalue weighted by Gasteiger charge is 2.04.